The molecule has 0 bridgehead atoms. The normalized spacial score (nSPS) is 12.3. The lowest BCUT2D eigenvalue weighted by atomic mass is 9.93. The first-order chi connectivity index (χ1) is 23.2. The highest BCUT2D eigenvalue weighted by Gasteiger charge is 2.25. The third-order valence-electron chi connectivity index (χ3n) is 8.25. The molecule has 3 aromatic heterocycles. The van der Waals surface area contributed by atoms with E-state index in [2.05, 4.69) is 27.2 Å². The second-order valence-electron chi connectivity index (χ2n) is 12.7. The molecule has 0 spiro atoms. The Morgan fingerprint density at radius 2 is 1.76 bits per heavy atom. The number of aromatic nitrogens is 5. The number of carbonyl (C=O) groups is 1. The molecule has 3 aromatic carbocycles. The zero-order valence-electron chi connectivity index (χ0n) is 27.6. The quantitative estimate of drug-likeness (QED) is 0.169. The smallest absolute Gasteiger partial charge is 0.240 e. The van der Waals surface area contributed by atoms with E-state index < -0.39 is 23.3 Å². The lowest BCUT2D eigenvalue weighted by Crippen LogP contribution is -2.33. The van der Waals surface area contributed by atoms with E-state index in [0.717, 1.165) is 28.2 Å². The summed E-state index contributed by atoms with van der Waals surface area (Å²) in [7, 11) is 1.74. The largest absolute Gasteiger partial charge is 0.382 e. The molecular weight excluding hydrogens is 648 g/mol. The van der Waals surface area contributed by atoms with Crippen molar-refractivity contribution in [2.45, 2.75) is 52.3 Å². The molecule has 250 valence electrons. The van der Waals surface area contributed by atoms with E-state index in [4.69, 9.17) is 22.3 Å². The van der Waals surface area contributed by atoms with Crippen molar-refractivity contribution in [3.05, 3.63) is 106 Å². The van der Waals surface area contributed by atoms with Gasteiger partial charge in [-0.3, -0.25) is 9.48 Å². The molecule has 49 heavy (non-hydrogen) atoms. The number of amides is 1. The van der Waals surface area contributed by atoms with Gasteiger partial charge in [-0.25, -0.2) is 18.7 Å². The van der Waals surface area contributed by atoms with E-state index in [-0.39, 0.29) is 24.7 Å². The Labute approximate surface area is 286 Å². The highest BCUT2D eigenvalue weighted by atomic mass is 35.5. The van der Waals surface area contributed by atoms with E-state index in [0.29, 0.717) is 44.0 Å². The van der Waals surface area contributed by atoms with Crippen molar-refractivity contribution in [1.29, 1.82) is 0 Å². The number of aliphatic hydroxyl groups is 1. The highest BCUT2D eigenvalue weighted by Crippen LogP contribution is 2.39. The number of imidazole rings is 1. The summed E-state index contributed by atoms with van der Waals surface area (Å²) in [6.07, 6.45) is 1.59. The molecule has 0 aliphatic heterocycles. The van der Waals surface area contributed by atoms with Gasteiger partial charge in [-0.15, -0.1) is 0 Å². The van der Waals surface area contributed by atoms with Crippen molar-refractivity contribution in [3.63, 3.8) is 0 Å². The molecule has 0 saturated carbocycles. The number of nitrogens with zero attached hydrogens (tertiary/aromatic N) is 5. The minimum absolute atomic E-state index is 0.0178. The van der Waals surface area contributed by atoms with Crippen LogP contribution in [0.1, 0.15) is 48.0 Å². The molecule has 9 nitrogen and oxygen atoms in total. The molecule has 12 heteroatoms. The molecule has 0 saturated heterocycles. The van der Waals surface area contributed by atoms with Crippen LogP contribution in [0.25, 0.3) is 33.1 Å². The number of nitrogens with two attached hydrogens (primary N) is 1. The number of hydrogen-bond donors (Lipinski definition) is 3. The number of rotatable bonds is 7. The molecule has 6 rings (SSSR count). The van der Waals surface area contributed by atoms with Crippen LogP contribution in [0.2, 0.25) is 5.02 Å². The summed E-state index contributed by atoms with van der Waals surface area (Å²) in [6.45, 7) is 7.02. The second-order valence-corrected chi connectivity index (χ2v) is 13.1. The predicted octanol–water partition coefficient (Wildman–Crippen LogP) is 6.34. The first kappa shape index (κ1) is 33.6. The number of fused-ring (bicyclic) bond motifs is 2. The number of nitrogens with one attached hydrogen (secondary N) is 1. The maximum atomic E-state index is 14.5. The van der Waals surface area contributed by atoms with Crippen molar-refractivity contribution < 1.29 is 18.7 Å². The molecular formula is C37H34ClF2N7O2. The van der Waals surface area contributed by atoms with E-state index in [1.807, 2.05) is 26.0 Å². The van der Waals surface area contributed by atoms with Crippen LogP contribution >= 0.6 is 11.6 Å². The van der Waals surface area contributed by atoms with Gasteiger partial charge in [0, 0.05) is 24.2 Å². The number of anilines is 1. The molecule has 4 N–H and O–H groups in total. The number of pyridine rings is 1. The highest BCUT2D eigenvalue weighted by molar-refractivity contribution is 6.37. The first-order valence-corrected chi connectivity index (χ1v) is 15.9. The lowest BCUT2D eigenvalue weighted by Gasteiger charge is -2.23. The van der Waals surface area contributed by atoms with Crippen molar-refractivity contribution in [3.8, 4) is 23.0 Å². The Morgan fingerprint density at radius 3 is 2.47 bits per heavy atom. The first-order valence-electron chi connectivity index (χ1n) is 15.5. The predicted molar refractivity (Wildman–Crippen MR) is 187 cm³/mol. The third-order valence-corrected chi connectivity index (χ3v) is 8.57. The molecule has 3 heterocycles. The number of halogens is 3. The fourth-order valence-corrected chi connectivity index (χ4v) is 6.14. The van der Waals surface area contributed by atoms with Crippen LogP contribution in [0, 0.1) is 37.3 Å². The monoisotopic (exact) mass is 681 g/mol. The van der Waals surface area contributed by atoms with Gasteiger partial charge in [0.25, 0.3) is 0 Å². The van der Waals surface area contributed by atoms with Crippen molar-refractivity contribution in [1.82, 2.24) is 29.6 Å². The van der Waals surface area contributed by atoms with E-state index in [1.165, 1.54) is 12.1 Å². The molecule has 0 fully saturated rings. The summed E-state index contributed by atoms with van der Waals surface area (Å²) < 4.78 is 32.3. The van der Waals surface area contributed by atoms with E-state index in [9.17, 15) is 18.7 Å². The van der Waals surface area contributed by atoms with Gasteiger partial charge in [0.15, 0.2) is 5.82 Å². The van der Waals surface area contributed by atoms with Crippen LogP contribution in [0.15, 0.2) is 60.9 Å². The molecule has 0 unspecified atom stereocenters. The summed E-state index contributed by atoms with van der Waals surface area (Å²) >= 11 is 6.55. The maximum absolute atomic E-state index is 14.5. The zero-order chi connectivity index (χ0) is 35.2. The van der Waals surface area contributed by atoms with Gasteiger partial charge in [0.2, 0.25) is 5.91 Å². The van der Waals surface area contributed by atoms with Gasteiger partial charge in [-0.1, -0.05) is 23.6 Å². The zero-order valence-corrected chi connectivity index (χ0v) is 28.3. The van der Waals surface area contributed by atoms with Gasteiger partial charge in [0.1, 0.15) is 29.5 Å². The Bertz CT molecular complexity index is 2310. The lowest BCUT2D eigenvalue weighted by molar-refractivity contribution is -0.122. The Hall–Kier alpha value is -5.31. The number of aryl methyl sites for hydroxylation is 3. The average molecular weight is 682 g/mol. The number of hydrogen-bond acceptors (Lipinski definition) is 6. The molecule has 0 aliphatic carbocycles. The van der Waals surface area contributed by atoms with Gasteiger partial charge in [-0.05, 0) is 99.2 Å². The van der Waals surface area contributed by atoms with E-state index >= 15 is 0 Å². The fourth-order valence-electron chi connectivity index (χ4n) is 5.89. The van der Waals surface area contributed by atoms with Crippen LogP contribution in [0.4, 0.5) is 14.6 Å². The van der Waals surface area contributed by atoms with Crippen molar-refractivity contribution in [2.75, 3.05) is 5.73 Å². The van der Waals surface area contributed by atoms with Crippen molar-refractivity contribution >= 4 is 45.3 Å². The third kappa shape index (κ3) is 7.11. The van der Waals surface area contributed by atoms with Gasteiger partial charge in [-0.2, -0.15) is 5.10 Å². The Balaban J connectivity index is 1.51. The van der Waals surface area contributed by atoms with Gasteiger partial charge in [0.05, 0.1) is 45.0 Å². The molecule has 6 aromatic rings. The van der Waals surface area contributed by atoms with Crippen molar-refractivity contribution in [2.24, 2.45) is 7.05 Å². The minimum atomic E-state index is -1.30. The average Bonchev–Trinajstić information content (AvgIpc) is 3.54. The standard InChI is InChI=1S/C37H34ClF2N7O2/c1-20-12-29-31(13-21(20)2)47(19-42-29)18-32(48)44-30(16-22-14-23(39)17-24(40)15-22)34-26(7-6-25(43-34)10-11-37(3,4)49)27-8-9-28(38)33-35(27)46(5)45-36(33)41/h6-9,12-15,17,19,30,49H,16,18H2,1-5H3,(H2,41,45)(H,44,48)/t30-/m0/s1. The van der Waals surface area contributed by atoms with Crippen LogP contribution in [-0.2, 0) is 24.8 Å². The summed E-state index contributed by atoms with van der Waals surface area (Å²) in [6, 6.07) is 13.3. The summed E-state index contributed by atoms with van der Waals surface area (Å²) in [5.74, 6) is 4.03. The maximum Gasteiger partial charge on any atom is 0.240 e. The SMILES string of the molecule is Cc1cc2ncn(CC(=O)N[C@@H](Cc3cc(F)cc(F)c3)c3nc(C#CC(C)(C)O)ccc3-c3ccc(Cl)c4c(N)nn(C)c34)c2cc1C. The minimum Gasteiger partial charge on any atom is -0.382 e. The van der Waals surface area contributed by atoms with Crippen LogP contribution in [0.5, 0.6) is 0 Å². The summed E-state index contributed by atoms with van der Waals surface area (Å²) in [4.78, 5) is 23.2. The topological polar surface area (TPSA) is 124 Å². The number of benzene rings is 3. The van der Waals surface area contributed by atoms with Crippen LogP contribution in [-0.4, -0.2) is 40.9 Å². The summed E-state index contributed by atoms with van der Waals surface area (Å²) in [5, 5.41) is 18.7. The second kappa shape index (κ2) is 13.0. The van der Waals surface area contributed by atoms with Crippen LogP contribution < -0.4 is 11.1 Å². The Morgan fingerprint density at radius 1 is 1.06 bits per heavy atom. The molecule has 1 atom stereocenters. The number of carbonyl (C=O) groups excluding carboxylic acids is 1. The fraction of sp³-hybridized carbons (Fsp3) is 0.243. The van der Waals surface area contributed by atoms with Crippen LogP contribution in [0.3, 0.4) is 0 Å². The molecule has 0 radical (unpaired) electrons. The Kier molecular flexibility index (Phi) is 8.88. The number of nitrogen functional groups attached to an aromatic ring is 1. The summed E-state index contributed by atoms with van der Waals surface area (Å²) in [5.41, 5.74) is 11.5. The van der Waals surface area contributed by atoms with E-state index in [1.54, 1.807) is 60.7 Å². The van der Waals surface area contributed by atoms with Gasteiger partial charge >= 0.3 is 0 Å². The van der Waals surface area contributed by atoms with Gasteiger partial charge < -0.3 is 20.7 Å². The molecule has 1 amide bonds. The molecule has 0 aliphatic rings.